The van der Waals surface area contributed by atoms with Crippen molar-refractivity contribution in [2.75, 3.05) is 25.6 Å². The lowest BCUT2D eigenvalue weighted by molar-refractivity contribution is -0.134. The third kappa shape index (κ3) is 1.76. The number of anilines is 1. The molecular weight excluding hydrogens is 302 g/mol. The van der Waals surface area contributed by atoms with Gasteiger partial charge in [0.2, 0.25) is 0 Å². The topological polar surface area (TPSA) is 58.8 Å². The van der Waals surface area contributed by atoms with Crippen molar-refractivity contribution in [3.63, 3.8) is 0 Å². The lowest BCUT2D eigenvalue weighted by Crippen LogP contribution is -2.65. The van der Waals surface area contributed by atoms with Crippen molar-refractivity contribution in [1.82, 2.24) is 4.90 Å². The monoisotopic (exact) mass is 329 g/mol. The highest BCUT2D eigenvalue weighted by molar-refractivity contribution is 5.98. The molecule has 1 amide bonds. The van der Waals surface area contributed by atoms with E-state index in [0.717, 1.165) is 29.8 Å². The molecule has 0 aromatic heterocycles. The zero-order valence-corrected chi connectivity index (χ0v) is 14.8. The van der Waals surface area contributed by atoms with Crippen LogP contribution in [0.25, 0.3) is 0 Å². The van der Waals surface area contributed by atoms with Gasteiger partial charge in [0.25, 0.3) is 5.91 Å². The van der Waals surface area contributed by atoms with Crippen LogP contribution in [0.15, 0.2) is 18.2 Å². The highest BCUT2D eigenvalue weighted by Gasteiger charge is 2.67. The molecule has 1 saturated carbocycles. The average molecular weight is 329 g/mol. The zero-order valence-electron chi connectivity index (χ0n) is 14.8. The Morgan fingerprint density at radius 2 is 1.96 bits per heavy atom. The molecule has 2 heterocycles. The number of ether oxygens (including phenoxy) is 1. The van der Waals surface area contributed by atoms with Crippen LogP contribution in [0.1, 0.15) is 44.6 Å². The summed E-state index contributed by atoms with van der Waals surface area (Å²) in [6.07, 6.45) is 5.91. The van der Waals surface area contributed by atoms with Crippen molar-refractivity contribution in [3.05, 3.63) is 23.8 Å². The number of carbonyl (C=O) groups excluding carboxylic acids is 1. The molecule has 0 radical (unpaired) electrons. The summed E-state index contributed by atoms with van der Waals surface area (Å²) in [7, 11) is 3.62. The van der Waals surface area contributed by atoms with Crippen molar-refractivity contribution in [2.24, 2.45) is 5.73 Å². The van der Waals surface area contributed by atoms with Crippen LogP contribution in [0.2, 0.25) is 0 Å². The molecule has 0 bridgehead atoms. The van der Waals surface area contributed by atoms with E-state index >= 15 is 0 Å². The molecule has 1 aromatic carbocycles. The van der Waals surface area contributed by atoms with Gasteiger partial charge in [-0.3, -0.25) is 10.5 Å². The van der Waals surface area contributed by atoms with Gasteiger partial charge in [0.05, 0.1) is 12.5 Å². The summed E-state index contributed by atoms with van der Waals surface area (Å²) in [6.45, 7) is 2.83. The normalized spacial score (nSPS) is 32.9. The Kier molecular flexibility index (Phi) is 3.36. The summed E-state index contributed by atoms with van der Waals surface area (Å²) in [5.74, 6) is 0.894. The second kappa shape index (κ2) is 5.12. The van der Waals surface area contributed by atoms with E-state index in [1.165, 1.54) is 19.3 Å². The Labute approximate surface area is 143 Å². The number of methoxy groups -OCH3 is 1. The molecule has 3 aliphatic rings. The van der Waals surface area contributed by atoms with Gasteiger partial charge in [-0.25, -0.2) is 0 Å². The minimum atomic E-state index is -1.00. The average Bonchev–Trinajstić information content (AvgIpc) is 2.93. The lowest BCUT2D eigenvalue weighted by Gasteiger charge is -2.37. The largest absolute Gasteiger partial charge is 0.497 e. The molecule has 2 aliphatic heterocycles. The van der Waals surface area contributed by atoms with E-state index in [4.69, 9.17) is 10.5 Å². The first-order valence-electron chi connectivity index (χ1n) is 8.96. The predicted octanol–water partition coefficient (Wildman–Crippen LogP) is 2.23. The van der Waals surface area contributed by atoms with E-state index in [1.807, 2.05) is 24.1 Å². The molecule has 0 unspecified atom stereocenters. The molecule has 24 heavy (non-hydrogen) atoms. The first-order chi connectivity index (χ1) is 11.4. The molecule has 1 saturated heterocycles. The number of rotatable bonds is 2. The summed E-state index contributed by atoms with van der Waals surface area (Å²) in [6, 6.07) is 6.35. The maximum atomic E-state index is 13.4. The minimum Gasteiger partial charge on any atom is -0.497 e. The Hall–Kier alpha value is -1.75. The number of nitrogens with two attached hydrogens (primary N) is 1. The Morgan fingerprint density at radius 3 is 2.62 bits per heavy atom. The van der Waals surface area contributed by atoms with Crippen LogP contribution in [0.3, 0.4) is 0 Å². The van der Waals surface area contributed by atoms with Gasteiger partial charge >= 0.3 is 0 Å². The van der Waals surface area contributed by atoms with Crippen LogP contribution in [0.4, 0.5) is 5.69 Å². The summed E-state index contributed by atoms with van der Waals surface area (Å²) < 4.78 is 5.41. The van der Waals surface area contributed by atoms with Crippen LogP contribution in [0.5, 0.6) is 5.75 Å². The van der Waals surface area contributed by atoms with E-state index in [1.54, 1.807) is 7.11 Å². The lowest BCUT2D eigenvalue weighted by atomic mass is 9.76. The Balaban J connectivity index is 1.78. The Morgan fingerprint density at radius 1 is 1.25 bits per heavy atom. The molecule has 2 N–H and O–H groups in total. The number of likely N-dealkylation sites (tertiary alicyclic amines) is 1. The van der Waals surface area contributed by atoms with Crippen molar-refractivity contribution < 1.29 is 9.53 Å². The SMILES string of the molecule is COc1ccc2c(c1)[C@@]1(C)CN(C3CCCCC3)C(=O)[C@@]1(N)N2C. The second-order valence-corrected chi connectivity index (χ2v) is 7.77. The van der Waals surface area contributed by atoms with Crippen LogP contribution in [0, 0.1) is 0 Å². The fraction of sp³-hybridized carbons (Fsp3) is 0.632. The maximum Gasteiger partial charge on any atom is 0.264 e. The molecule has 2 fully saturated rings. The summed E-state index contributed by atoms with van der Waals surface area (Å²) in [5.41, 5.74) is 7.56. The number of hydrogen-bond donors (Lipinski definition) is 1. The first kappa shape index (κ1) is 15.8. The van der Waals surface area contributed by atoms with Crippen molar-refractivity contribution in [2.45, 2.75) is 56.1 Å². The van der Waals surface area contributed by atoms with Gasteiger partial charge < -0.3 is 14.5 Å². The third-order valence-electron chi connectivity index (χ3n) is 6.62. The van der Waals surface area contributed by atoms with Crippen molar-refractivity contribution in [3.8, 4) is 5.75 Å². The molecule has 2 atom stereocenters. The quantitative estimate of drug-likeness (QED) is 0.904. The molecule has 4 rings (SSSR count). The van der Waals surface area contributed by atoms with Gasteiger partial charge in [-0.2, -0.15) is 0 Å². The molecule has 0 spiro atoms. The van der Waals surface area contributed by atoms with Crippen LogP contribution < -0.4 is 15.4 Å². The first-order valence-corrected chi connectivity index (χ1v) is 8.96. The van der Waals surface area contributed by atoms with Crippen LogP contribution >= 0.6 is 0 Å². The van der Waals surface area contributed by atoms with Gasteiger partial charge in [-0.1, -0.05) is 19.3 Å². The molecule has 1 aliphatic carbocycles. The predicted molar refractivity (Wildman–Crippen MR) is 94.3 cm³/mol. The number of amides is 1. The molecule has 5 nitrogen and oxygen atoms in total. The summed E-state index contributed by atoms with van der Waals surface area (Å²) in [5, 5.41) is 0. The van der Waals surface area contributed by atoms with Gasteiger partial charge in [-0.05, 0) is 43.5 Å². The van der Waals surface area contributed by atoms with Gasteiger partial charge in [0.1, 0.15) is 5.75 Å². The smallest absolute Gasteiger partial charge is 0.264 e. The van der Waals surface area contributed by atoms with Gasteiger partial charge in [0.15, 0.2) is 5.66 Å². The van der Waals surface area contributed by atoms with Crippen LogP contribution in [-0.2, 0) is 10.2 Å². The summed E-state index contributed by atoms with van der Waals surface area (Å²) in [4.78, 5) is 17.4. The number of hydrogen-bond acceptors (Lipinski definition) is 4. The third-order valence-corrected chi connectivity index (χ3v) is 6.62. The minimum absolute atomic E-state index is 0.0783. The second-order valence-electron chi connectivity index (χ2n) is 7.77. The highest BCUT2D eigenvalue weighted by Crippen LogP contribution is 2.54. The fourth-order valence-electron chi connectivity index (χ4n) is 5.05. The number of benzene rings is 1. The molecule has 130 valence electrons. The number of fused-ring (bicyclic) bond motifs is 3. The van der Waals surface area contributed by atoms with Gasteiger partial charge in [0, 0.05) is 25.3 Å². The van der Waals surface area contributed by atoms with Crippen LogP contribution in [-0.4, -0.2) is 43.2 Å². The molecular formula is C19H27N3O2. The zero-order chi connectivity index (χ0) is 17.1. The van der Waals surface area contributed by atoms with E-state index in [9.17, 15) is 4.79 Å². The molecule has 5 heteroatoms. The van der Waals surface area contributed by atoms with E-state index in [0.29, 0.717) is 12.6 Å². The van der Waals surface area contributed by atoms with Crippen molar-refractivity contribution >= 4 is 11.6 Å². The highest BCUT2D eigenvalue weighted by atomic mass is 16.5. The fourth-order valence-corrected chi connectivity index (χ4v) is 5.05. The van der Waals surface area contributed by atoms with Crippen molar-refractivity contribution in [1.29, 1.82) is 0 Å². The Bertz CT molecular complexity index is 685. The number of likely N-dealkylation sites (N-methyl/N-ethyl adjacent to an activating group) is 1. The number of carbonyl (C=O) groups is 1. The maximum absolute atomic E-state index is 13.4. The number of nitrogens with zero attached hydrogens (tertiary/aromatic N) is 2. The standard InChI is InChI=1S/C19H27N3O2/c1-18-12-22(13-7-5-4-6-8-13)17(23)19(18,20)21(2)16-10-9-14(24-3)11-15(16)18/h9-11,13H,4-8,12,20H2,1-3H3/t18-,19-/m1/s1. The summed E-state index contributed by atoms with van der Waals surface area (Å²) >= 11 is 0. The molecule has 1 aromatic rings. The van der Waals surface area contributed by atoms with Gasteiger partial charge in [-0.15, -0.1) is 0 Å². The van der Waals surface area contributed by atoms with E-state index in [2.05, 4.69) is 17.9 Å². The van der Waals surface area contributed by atoms with E-state index in [-0.39, 0.29) is 5.91 Å². The van der Waals surface area contributed by atoms with E-state index < -0.39 is 11.1 Å².